The van der Waals surface area contributed by atoms with Gasteiger partial charge in [-0.25, -0.2) is 14.8 Å². The van der Waals surface area contributed by atoms with Gasteiger partial charge in [0.1, 0.15) is 13.1 Å². The van der Waals surface area contributed by atoms with Gasteiger partial charge in [-0.2, -0.15) is 0 Å². The first kappa shape index (κ1) is 19.4. The van der Waals surface area contributed by atoms with E-state index in [0.29, 0.717) is 17.8 Å². The topological polar surface area (TPSA) is 44.2 Å². The number of hydrogen-bond donors (Lipinski definition) is 1. The second-order valence-electron chi connectivity index (χ2n) is 9.98. The van der Waals surface area contributed by atoms with Crippen molar-refractivity contribution in [3.05, 3.63) is 0 Å². The van der Waals surface area contributed by atoms with E-state index >= 15 is 0 Å². The van der Waals surface area contributed by atoms with Crippen LogP contribution in [0.2, 0.25) is 0 Å². The van der Waals surface area contributed by atoms with Crippen molar-refractivity contribution in [1.82, 2.24) is 4.90 Å². The van der Waals surface area contributed by atoms with Gasteiger partial charge in [0.05, 0.1) is 0 Å². The van der Waals surface area contributed by atoms with Crippen molar-refractivity contribution in [2.24, 2.45) is 11.8 Å². The number of amides is 1. The van der Waals surface area contributed by atoms with E-state index in [-0.39, 0.29) is 5.54 Å². The molecule has 0 unspecified atom stereocenters. The number of nitrogens with one attached hydrogen (secondary N) is 1. The normalized spacial score (nSPS) is 31.8. The molecule has 0 aromatic rings. The van der Waals surface area contributed by atoms with Gasteiger partial charge in [-0.15, -0.1) is 0 Å². The molecule has 4 aliphatic rings. The van der Waals surface area contributed by atoms with Crippen LogP contribution < -0.4 is 0 Å². The van der Waals surface area contributed by atoms with Crippen molar-refractivity contribution in [2.45, 2.75) is 102 Å². The van der Waals surface area contributed by atoms with E-state index < -0.39 is 0 Å². The molecule has 0 aromatic heterocycles. The molecular formula is C23H40N3O+. The predicted octanol–water partition coefficient (Wildman–Crippen LogP) is 5.07. The summed E-state index contributed by atoms with van der Waals surface area (Å²) in [7, 11) is 0. The van der Waals surface area contributed by atoms with Crippen LogP contribution >= 0.6 is 0 Å². The Morgan fingerprint density at radius 3 is 2.15 bits per heavy atom. The Kier molecular flexibility index (Phi) is 5.64. The average molecular weight is 375 g/mol. The zero-order valence-electron chi connectivity index (χ0n) is 17.5. The third-order valence-electron chi connectivity index (χ3n) is 8.28. The Morgan fingerprint density at radius 1 is 1.00 bits per heavy atom. The van der Waals surface area contributed by atoms with Crippen LogP contribution in [0.25, 0.3) is 0 Å². The third-order valence-corrected chi connectivity index (χ3v) is 8.28. The van der Waals surface area contributed by atoms with Gasteiger partial charge in [-0.1, -0.05) is 71.1 Å². The van der Waals surface area contributed by atoms with Crippen LogP contribution in [0.3, 0.4) is 0 Å². The summed E-state index contributed by atoms with van der Waals surface area (Å²) in [6, 6.07) is 0. The van der Waals surface area contributed by atoms with Crippen molar-refractivity contribution in [3.8, 4) is 0 Å². The summed E-state index contributed by atoms with van der Waals surface area (Å²) in [6.07, 6.45) is 17.8. The smallest absolute Gasteiger partial charge is 0.267 e. The van der Waals surface area contributed by atoms with Crippen LogP contribution in [0.4, 0.5) is 0 Å². The van der Waals surface area contributed by atoms with E-state index in [1.807, 2.05) is 4.90 Å². The standard InChI is InChI=1S/C23H40N3O/c1-2-15-25-21(27)23(26(16-17-26)22(25)24,18-20-11-7-4-8-12-20)14-13-19-9-5-3-6-10-19/h19-20,24H,2-18H2,1H3/q+1/t23-/m1/s1. The lowest BCUT2D eigenvalue weighted by Gasteiger charge is -2.37. The van der Waals surface area contributed by atoms with E-state index in [4.69, 9.17) is 5.41 Å². The Hall–Kier alpha value is -0.900. The molecular weight excluding hydrogens is 334 g/mol. The molecule has 4 heteroatoms. The van der Waals surface area contributed by atoms with Crippen LogP contribution in [0.5, 0.6) is 0 Å². The molecule has 2 aliphatic carbocycles. The highest BCUT2D eigenvalue weighted by Crippen LogP contribution is 2.51. The first-order chi connectivity index (χ1) is 13.1. The van der Waals surface area contributed by atoms with Gasteiger partial charge in [-0.05, 0) is 24.7 Å². The number of nitrogens with zero attached hydrogens (tertiary/aromatic N) is 2. The summed E-state index contributed by atoms with van der Waals surface area (Å²) >= 11 is 0. The van der Waals surface area contributed by atoms with Crippen LogP contribution in [0, 0.1) is 17.2 Å². The quantitative estimate of drug-likeness (QED) is 0.490. The Balaban J connectivity index is 1.58. The fraction of sp³-hybridized carbons (Fsp3) is 0.913. The fourth-order valence-electron chi connectivity index (χ4n) is 6.61. The highest BCUT2D eigenvalue weighted by Gasteiger charge is 2.74. The maximum atomic E-state index is 13.8. The summed E-state index contributed by atoms with van der Waals surface area (Å²) in [6.45, 7) is 4.94. The predicted molar refractivity (Wildman–Crippen MR) is 109 cm³/mol. The van der Waals surface area contributed by atoms with Gasteiger partial charge in [-0.3, -0.25) is 4.79 Å². The minimum atomic E-state index is -0.286. The molecule has 2 saturated heterocycles. The molecule has 2 heterocycles. The third kappa shape index (κ3) is 3.36. The lowest BCUT2D eigenvalue weighted by atomic mass is 9.74. The molecule has 2 saturated carbocycles. The van der Waals surface area contributed by atoms with Crippen molar-refractivity contribution >= 4 is 11.9 Å². The Bertz CT molecular complexity index is 558. The van der Waals surface area contributed by atoms with Gasteiger partial charge in [0.15, 0.2) is 5.54 Å². The lowest BCUT2D eigenvalue weighted by Crippen LogP contribution is -2.54. The van der Waals surface area contributed by atoms with Gasteiger partial charge in [0, 0.05) is 19.4 Å². The monoisotopic (exact) mass is 374 g/mol. The molecule has 1 atom stereocenters. The molecule has 1 spiro atoms. The number of quaternary nitrogens is 1. The lowest BCUT2D eigenvalue weighted by molar-refractivity contribution is -0.753. The number of hydrogen-bond acceptors (Lipinski definition) is 2. The Labute approximate surface area is 165 Å². The van der Waals surface area contributed by atoms with Crippen LogP contribution in [-0.2, 0) is 4.79 Å². The van der Waals surface area contributed by atoms with Crippen molar-refractivity contribution < 1.29 is 9.28 Å². The van der Waals surface area contributed by atoms with Crippen molar-refractivity contribution in [2.75, 3.05) is 19.6 Å². The maximum Gasteiger partial charge on any atom is 0.305 e. The van der Waals surface area contributed by atoms with Gasteiger partial charge in [0.2, 0.25) is 0 Å². The average Bonchev–Trinajstić information content (AvgIpc) is 3.50. The number of carbonyl (C=O) groups excluding carboxylic acids is 1. The molecule has 2 aliphatic heterocycles. The van der Waals surface area contributed by atoms with Gasteiger partial charge < -0.3 is 0 Å². The van der Waals surface area contributed by atoms with Crippen molar-refractivity contribution in [1.29, 1.82) is 5.41 Å². The van der Waals surface area contributed by atoms with E-state index in [2.05, 4.69) is 6.92 Å². The molecule has 4 nitrogen and oxygen atoms in total. The number of guanidine groups is 1. The van der Waals surface area contributed by atoms with E-state index in [0.717, 1.165) is 49.3 Å². The van der Waals surface area contributed by atoms with E-state index in [9.17, 15) is 4.79 Å². The van der Waals surface area contributed by atoms with Crippen LogP contribution in [-0.4, -0.2) is 46.4 Å². The summed E-state index contributed by atoms with van der Waals surface area (Å²) < 4.78 is 0.717. The molecule has 0 radical (unpaired) electrons. The number of rotatable bonds is 7. The molecule has 4 fully saturated rings. The summed E-state index contributed by atoms with van der Waals surface area (Å²) in [5.41, 5.74) is -0.286. The second-order valence-corrected chi connectivity index (χ2v) is 9.98. The first-order valence-corrected chi connectivity index (χ1v) is 11.9. The number of carbonyl (C=O) groups is 1. The first-order valence-electron chi connectivity index (χ1n) is 11.9. The summed E-state index contributed by atoms with van der Waals surface area (Å²) in [5.74, 6) is 2.50. The van der Waals surface area contributed by atoms with Gasteiger partial charge in [0.25, 0.3) is 5.91 Å². The largest absolute Gasteiger partial charge is 0.305 e. The SMILES string of the molecule is CCCN1C(=N)[N+]2(CC2)[C@](CCC2CCCCC2)(CC2CCCCC2)C1=O. The highest BCUT2D eigenvalue weighted by atomic mass is 16.2. The Morgan fingerprint density at radius 2 is 1.59 bits per heavy atom. The second kappa shape index (κ2) is 7.85. The minimum absolute atomic E-state index is 0.286. The molecule has 1 amide bonds. The van der Waals surface area contributed by atoms with Crippen LogP contribution in [0.15, 0.2) is 0 Å². The molecule has 152 valence electrons. The minimum Gasteiger partial charge on any atom is -0.267 e. The van der Waals surface area contributed by atoms with Crippen LogP contribution in [0.1, 0.15) is 96.8 Å². The zero-order valence-corrected chi connectivity index (χ0v) is 17.5. The van der Waals surface area contributed by atoms with E-state index in [1.54, 1.807) is 0 Å². The molecule has 1 N–H and O–H groups in total. The van der Waals surface area contributed by atoms with E-state index in [1.165, 1.54) is 70.6 Å². The molecule has 4 rings (SSSR count). The molecule has 0 aromatic carbocycles. The maximum absolute atomic E-state index is 13.8. The molecule has 27 heavy (non-hydrogen) atoms. The summed E-state index contributed by atoms with van der Waals surface area (Å²) in [4.78, 5) is 15.7. The van der Waals surface area contributed by atoms with Gasteiger partial charge >= 0.3 is 5.96 Å². The molecule has 0 bridgehead atoms. The van der Waals surface area contributed by atoms with Crippen molar-refractivity contribution in [3.63, 3.8) is 0 Å². The fourth-order valence-corrected chi connectivity index (χ4v) is 6.61. The highest BCUT2D eigenvalue weighted by molar-refractivity contribution is 6.03. The summed E-state index contributed by atoms with van der Waals surface area (Å²) in [5, 5.41) is 8.88. The zero-order chi connectivity index (χ0) is 18.9.